The van der Waals surface area contributed by atoms with Gasteiger partial charge in [-0.15, -0.1) is 10.2 Å². The number of aryl methyl sites for hydroxylation is 1. The highest BCUT2D eigenvalue weighted by Crippen LogP contribution is 2.33. The number of rotatable bonds is 7. The van der Waals surface area contributed by atoms with E-state index in [1.165, 1.54) is 0 Å². The molecule has 4 aromatic rings. The molecule has 0 atom stereocenters. The number of aromatic nitrogens is 6. The smallest absolute Gasteiger partial charge is 0.260 e. The first-order chi connectivity index (χ1) is 17.4. The summed E-state index contributed by atoms with van der Waals surface area (Å²) in [6.45, 7) is 7.19. The van der Waals surface area contributed by atoms with E-state index < -0.39 is 0 Å². The lowest BCUT2D eigenvalue weighted by molar-refractivity contribution is 0.0996. The third kappa shape index (κ3) is 4.09. The van der Waals surface area contributed by atoms with E-state index in [1.54, 1.807) is 23.6 Å². The molecule has 10 heteroatoms. The molecule has 0 saturated heterocycles. The van der Waals surface area contributed by atoms with Crippen molar-refractivity contribution < 1.29 is 4.79 Å². The van der Waals surface area contributed by atoms with Crippen LogP contribution in [0.15, 0.2) is 49.1 Å². The quantitative estimate of drug-likeness (QED) is 0.427. The van der Waals surface area contributed by atoms with E-state index in [4.69, 9.17) is 9.97 Å². The Labute approximate surface area is 210 Å². The maximum Gasteiger partial charge on any atom is 0.260 e. The second kappa shape index (κ2) is 9.46. The van der Waals surface area contributed by atoms with Crippen LogP contribution in [0.2, 0.25) is 0 Å². The number of fused-ring (bicyclic) bond motifs is 1. The molecule has 36 heavy (non-hydrogen) atoms. The fourth-order valence-electron chi connectivity index (χ4n) is 4.29. The van der Waals surface area contributed by atoms with Crippen molar-refractivity contribution in [2.45, 2.75) is 39.9 Å². The van der Waals surface area contributed by atoms with Gasteiger partial charge in [0.25, 0.3) is 5.91 Å². The van der Waals surface area contributed by atoms with Crippen molar-refractivity contribution in [2.24, 2.45) is 0 Å². The number of pyridine rings is 3. The van der Waals surface area contributed by atoms with Gasteiger partial charge < -0.3 is 10.2 Å². The fraction of sp³-hybridized carbons (Fsp3) is 0.308. The Morgan fingerprint density at radius 1 is 1.19 bits per heavy atom. The normalized spacial score (nSPS) is 12.9. The maximum absolute atomic E-state index is 13.6. The van der Waals surface area contributed by atoms with Crippen LogP contribution in [0.3, 0.4) is 0 Å². The van der Waals surface area contributed by atoms with Crippen LogP contribution in [0.4, 0.5) is 11.6 Å². The van der Waals surface area contributed by atoms with Gasteiger partial charge in [0.05, 0.1) is 29.7 Å². The fourth-order valence-corrected chi connectivity index (χ4v) is 4.29. The molecule has 0 saturated carbocycles. The third-order valence-corrected chi connectivity index (χ3v) is 6.53. The Morgan fingerprint density at radius 3 is 2.78 bits per heavy atom. The van der Waals surface area contributed by atoms with E-state index in [2.05, 4.69) is 39.2 Å². The largest absolute Gasteiger partial charge is 0.357 e. The number of anilines is 2. The minimum Gasteiger partial charge on any atom is -0.357 e. The molecule has 0 bridgehead atoms. The van der Waals surface area contributed by atoms with Crippen LogP contribution in [0, 0.1) is 6.92 Å². The average molecular weight is 484 g/mol. The van der Waals surface area contributed by atoms with Crippen molar-refractivity contribution >= 4 is 17.5 Å². The molecule has 1 aliphatic rings. The molecule has 0 spiro atoms. The zero-order valence-corrected chi connectivity index (χ0v) is 21.1. The van der Waals surface area contributed by atoms with Crippen molar-refractivity contribution in [3.05, 3.63) is 71.4 Å². The Bertz CT molecular complexity index is 1430. The Kier molecular flexibility index (Phi) is 6.19. The van der Waals surface area contributed by atoms with Gasteiger partial charge in [-0.1, -0.05) is 6.07 Å². The number of hydrogen-bond donors (Lipinski definition) is 1. The molecule has 10 nitrogen and oxygen atoms in total. The molecule has 0 aromatic carbocycles. The number of hydrogen-bond acceptors (Lipinski definition) is 8. The van der Waals surface area contributed by atoms with Gasteiger partial charge in [0, 0.05) is 31.4 Å². The summed E-state index contributed by atoms with van der Waals surface area (Å²) in [6.07, 6.45) is 5.17. The van der Waals surface area contributed by atoms with Crippen molar-refractivity contribution in [3.8, 4) is 17.2 Å². The van der Waals surface area contributed by atoms with E-state index >= 15 is 0 Å². The lowest BCUT2D eigenvalue weighted by Crippen LogP contribution is -2.27. The average Bonchev–Trinajstić information content (AvgIpc) is 3.49. The molecule has 1 N–H and O–H groups in total. The summed E-state index contributed by atoms with van der Waals surface area (Å²) in [4.78, 5) is 31.3. The van der Waals surface area contributed by atoms with Crippen LogP contribution in [-0.2, 0) is 13.1 Å². The monoisotopic (exact) mass is 483 g/mol. The van der Waals surface area contributed by atoms with E-state index in [0.29, 0.717) is 36.0 Å². The van der Waals surface area contributed by atoms with Gasteiger partial charge in [0.2, 0.25) is 0 Å². The van der Waals surface area contributed by atoms with Crippen LogP contribution in [-0.4, -0.2) is 55.8 Å². The highest BCUT2D eigenvalue weighted by atomic mass is 16.2. The summed E-state index contributed by atoms with van der Waals surface area (Å²) in [5.74, 6) is 1.83. The van der Waals surface area contributed by atoms with E-state index in [9.17, 15) is 4.79 Å². The molecule has 0 radical (unpaired) electrons. The molecule has 1 aliphatic heterocycles. The van der Waals surface area contributed by atoms with Gasteiger partial charge in [0.15, 0.2) is 5.82 Å². The van der Waals surface area contributed by atoms with Gasteiger partial charge in [0.1, 0.15) is 23.7 Å². The molecule has 0 unspecified atom stereocenters. The molecule has 5 heterocycles. The summed E-state index contributed by atoms with van der Waals surface area (Å²) < 4.78 is 1.86. The predicted molar refractivity (Wildman–Crippen MR) is 138 cm³/mol. The molecule has 0 fully saturated rings. The maximum atomic E-state index is 13.6. The highest BCUT2D eigenvalue weighted by molar-refractivity contribution is 6.10. The molecule has 5 rings (SSSR count). The first-order valence-corrected chi connectivity index (χ1v) is 11.9. The Balaban J connectivity index is 1.52. The molecular weight excluding hydrogens is 454 g/mol. The van der Waals surface area contributed by atoms with E-state index in [0.717, 1.165) is 28.3 Å². The SMILES string of the molecule is CNCc1nc(N(C)C(C)C)cc2c1CN(c1cccc(-c3nncn3-c3cnccc3C)n1)C2=O. The molecule has 184 valence electrons. The summed E-state index contributed by atoms with van der Waals surface area (Å²) in [7, 11) is 3.87. The summed E-state index contributed by atoms with van der Waals surface area (Å²) >= 11 is 0. The minimum atomic E-state index is -0.0858. The summed E-state index contributed by atoms with van der Waals surface area (Å²) in [5, 5.41) is 11.6. The summed E-state index contributed by atoms with van der Waals surface area (Å²) in [6, 6.07) is 9.67. The van der Waals surface area contributed by atoms with Crippen molar-refractivity contribution in [2.75, 3.05) is 23.9 Å². The van der Waals surface area contributed by atoms with Gasteiger partial charge in [-0.25, -0.2) is 9.97 Å². The number of carbonyl (C=O) groups is 1. The van der Waals surface area contributed by atoms with Crippen LogP contribution >= 0.6 is 0 Å². The lowest BCUT2D eigenvalue weighted by Gasteiger charge is -2.24. The van der Waals surface area contributed by atoms with Gasteiger partial charge in [-0.2, -0.15) is 0 Å². The predicted octanol–water partition coefficient (Wildman–Crippen LogP) is 3.15. The van der Waals surface area contributed by atoms with Gasteiger partial charge in [-0.3, -0.25) is 19.2 Å². The molecular formula is C26H29N9O. The first-order valence-electron chi connectivity index (χ1n) is 11.9. The third-order valence-electron chi connectivity index (χ3n) is 6.53. The number of nitrogens with one attached hydrogen (secondary N) is 1. The number of amides is 1. The lowest BCUT2D eigenvalue weighted by atomic mass is 10.1. The van der Waals surface area contributed by atoms with Crippen molar-refractivity contribution in [3.63, 3.8) is 0 Å². The zero-order valence-electron chi connectivity index (χ0n) is 21.1. The molecule has 1 amide bonds. The number of nitrogens with zero attached hydrogens (tertiary/aromatic N) is 8. The van der Waals surface area contributed by atoms with E-state index in [1.807, 2.05) is 55.9 Å². The van der Waals surface area contributed by atoms with Gasteiger partial charge in [-0.05, 0) is 57.6 Å². The molecule has 0 aliphatic carbocycles. The van der Waals surface area contributed by atoms with Crippen LogP contribution in [0.25, 0.3) is 17.2 Å². The first kappa shape index (κ1) is 23.6. The molecule has 4 aromatic heterocycles. The number of carbonyl (C=O) groups excluding carboxylic acids is 1. The minimum absolute atomic E-state index is 0.0858. The van der Waals surface area contributed by atoms with E-state index in [-0.39, 0.29) is 11.9 Å². The van der Waals surface area contributed by atoms with Crippen LogP contribution in [0.5, 0.6) is 0 Å². The topological polar surface area (TPSA) is 105 Å². The van der Waals surface area contributed by atoms with Crippen LogP contribution < -0.4 is 15.1 Å². The second-order valence-corrected chi connectivity index (χ2v) is 9.15. The van der Waals surface area contributed by atoms with Crippen LogP contribution in [0.1, 0.15) is 41.0 Å². The Hall–Kier alpha value is -4.18. The highest BCUT2D eigenvalue weighted by Gasteiger charge is 2.33. The second-order valence-electron chi connectivity index (χ2n) is 9.15. The zero-order chi connectivity index (χ0) is 25.4. The van der Waals surface area contributed by atoms with Crippen molar-refractivity contribution in [1.29, 1.82) is 0 Å². The Morgan fingerprint density at radius 2 is 2.03 bits per heavy atom. The van der Waals surface area contributed by atoms with Crippen molar-refractivity contribution in [1.82, 2.24) is 35.0 Å². The summed E-state index contributed by atoms with van der Waals surface area (Å²) in [5.41, 5.74) is 5.00. The standard InChI is InChI=1S/C26H29N9O/c1-16(2)33(5)24-11-18-19(21(31-24)12-27-4)14-34(26(18)36)23-8-6-7-20(30-23)25-32-29-15-35(25)22-13-28-10-9-17(22)3/h6-11,13,15-16,27H,12,14H2,1-5H3. The van der Waals surface area contributed by atoms with Gasteiger partial charge >= 0.3 is 0 Å².